The number of benzene rings is 1. The fourth-order valence-corrected chi connectivity index (χ4v) is 2.97. The Balaban J connectivity index is 0.00000625. The van der Waals surface area contributed by atoms with Gasteiger partial charge in [-0.05, 0) is 58.1 Å². The third-order valence-electron chi connectivity index (χ3n) is 3.84. The quantitative estimate of drug-likeness (QED) is 0.225. The number of hydrogen-bond donors (Lipinski definition) is 3. The SMILES string of the molecule is CCNC(=O)C(C)(C)CNC(=NCc1ccc(C)cc1SC)NCC.I. The fraction of sp³-hybridized carbons (Fsp3) is 0.579. The minimum atomic E-state index is -0.500. The van der Waals surface area contributed by atoms with Crippen LogP contribution in [-0.4, -0.2) is 37.8 Å². The van der Waals surface area contributed by atoms with E-state index in [2.05, 4.69) is 52.3 Å². The van der Waals surface area contributed by atoms with Gasteiger partial charge in [0.25, 0.3) is 0 Å². The monoisotopic (exact) mass is 492 g/mol. The zero-order valence-electron chi connectivity index (χ0n) is 16.7. The average Bonchev–Trinajstić information content (AvgIpc) is 2.58. The summed E-state index contributed by atoms with van der Waals surface area (Å²) in [4.78, 5) is 18.0. The van der Waals surface area contributed by atoms with Crippen LogP contribution in [0, 0.1) is 12.3 Å². The molecule has 5 nitrogen and oxygen atoms in total. The number of hydrogen-bond acceptors (Lipinski definition) is 3. The van der Waals surface area contributed by atoms with Crippen LogP contribution in [-0.2, 0) is 11.3 Å². The second-order valence-corrected chi connectivity index (χ2v) is 7.46. The van der Waals surface area contributed by atoms with Crippen LogP contribution in [0.15, 0.2) is 28.1 Å². The summed E-state index contributed by atoms with van der Waals surface area (Å²) in [5.41, 5.74) is 1.96. The molecular weight excluding hydrogens is 459 g/mol. The Morgan fingerprint density at radius 3 is 2.38 bits per heavy atom. The molecule has 1 aromatic carbocycles. The maximum atomic E-state index is 12.1. The summed E-state index contributed by atoms with van der Waals surface area (Å²) in [5, 5.41) is 9.41. The third-order valence-corrected chi connectivity index (χ3v) is 4.66. The minimum absolute atomic E-state index is 0. The molecule has 0 saturated carbocycles. The molecule has 0 aliphatic carbocycles. The zero-order chi connectivity index (χ0) is 18.9. The summed E-state index contributed by atoms with van der Waals surface area (Å²) < 4.78 is 0. The van der Waals surface area contributed by atoms with Crippen molar-refractivity contribution >= 4 is 47.6 Å². The van der Waals surface area contributed by atoms with E-state index >= 15 is 0 Å². The van der Waals surface area contributed by atoms with Gasteiger partial charge in [-0.1, -0.05) is 12.1 Å². The second kappa shape index (κ2) is 12.4. The molecule has 1 rings (SSSR count). The Labute approximate surface area is 179 Å². The summed E-state index contributed by atoms with van der Waals surface area (Å²) >= 11 is 1.74. The lowest BCUT2D eigenvalue weighted by Gasteiger charge is -2.24. The number of aliphatic imine (C=N–C) groups is 1. The highest BCUT2D eigenvalue weighted by Crippen LogP contribution is 2.22. The van der Waals surface area contributed by atoms with Crippen LogP contribution < -0.4 is 16.0 Å². The van der Waals surface area contributed by atoms with E-state index in [-0.39, 0.29) is 29.9 Å². The molecule has 148 valence electrons. The molecule has 0 fully saturated rings. The fourth-order valence-electron chi connectivity index (χ4n) is 2.27. The zero-order valence-corrected chi connectivity index (χ0v) is 19.9. The van der Waals surface area contributed by atoms with Crippen molar-refractivity contribution in [3.8, 4) is 0 Å². The van der Waals surface area contributed by atoms with Crippen LogP contribution in [0.5, 0.6) is 0 Å². The molecule has 0 bridgehead atoms. The van der Waals surface area contributed by atoms with Gasteiger partial charge >= 0.3 is 0 Å². The van der Waals surface area contributed by atoms with Crippen LogP contribution in [0.25, 0.3) is 0 Å². The number of nitrogens with zero attached hydrogens (tertiary/aromatic N) is 1. The Hall–Kier alpha value is -0.960. The van der Waals surface area contributed by atoms with Gasteiger partial charge in [-0.2, -0.15) is 0 Å². The van der Waals surface area contributed by atoms with Crippen molar-refractivity contribution in [1.29, 1.82) is 0 Å². The molecule has 0 radical (unpaired) electrons. The van der Waals surface area contributed by atoms with E-state index < -0.39 is 5.41 Å². The van der Waals surface area contributed by atoms with Crippen LogP contribution >= 0.6 is 35.7 Å². The lowest BCUT2D eigenvalue weighted by molar-refractivity contribution is -0.128. The van der Waals surface area contributed by atoms with Gasteiger partial charge < -0.3 is 16.0 Å². The normalized spacial score (nSPS) is 11.5. The minimum Gasteiger partial charge on any atom is -0.357 e. The molecule has 1 aromatic rings. The highest BCUT2D eigenvalue weighted by atomic mass is 127. The number of rotatable bonds is 8. The number of amides is 1. The highest BCUT2D eigenvalue weighted by Gasteiger charge is 2.27. The Morgan fingerprint density at radius 2 is 1.81 bits per heavy atom. The van der Waals surface area contributed by atoms with Gasteiger partial charge in [0.05, 0.1) is 12.0 Å². The Kier molecular flexibility index (Phi) is 12.0. The molecule has 26 heavy (non-hydrogen) atoms. The van der Waals surface area contributed by atoms with Gasteiger partial charge in [-0.15, -0.1) is 35.7 Å². The first kappa shape index (κ1) is 25.0. The number of thioether (sulfide) groups is 1. The lowest BCUT2D eigenvalue weighted by atomic mass is 9.92. The van der Waals surface area contributed by atoms with E-state index in [4.69, 9.17) is 0 Å². The van der Waals surface area contributed by atoms with Crippen LogP contribution in [0.1, 0.15) is 38.8 Å². The standard InChI is InChI=1S/C19H32N4OS.HI/c1-7-20-17(24)19(4,5)13-23-18(21-8-2)22-12-15-10-9-14(3)11-16(15)25-6;/h9-11H,7-8,12-13H2,1-6H3,(H,20,24)(H2,21,22,23);1H. The number of carbonyl (C=O) groups excluding carboxylic acids is 1. The molecule has 0 spiro atoms. The van der Waals surface area contributed by atoms with Crippen molar-refractivity contribution in [2.75, 3.05) is 25.9 Å². The number of guanidine groups is 1. The van der Waals surface area contributed by atoms with Crippen molar-refractivity contribution < 1.29 is 4.79 Å². The largest absolute Gasteiger partial charge is 0.357 e. The molecule has 0 aliphatic rings. The first-order chi connectivity index (χ1) is 11.8. The van der Waals surface area contributed by atoms with Gasteiger partial charge in [0.2, 0.25) is 5.91 Å². The van der Waals surface area contributed by atoms with Crippen LogP contribution in [0.4, 0.5) is 0 Å². The number of halogens is 1. The predicted molar refractivity (Wildman–Crippen MR) is 124 cm³/mol. The van der Waals surface area contributed by atoms with Gasteiger partial charge in [-0.3, -0.25) is 4.79 Å². The van der Waals surface area contributed by atoms with Crippen molar-refractivity contribution in [2.24, 2.45) is 10.4 Å². The summed E-state index contributed by atoms with van der Waals surface area (Å²) in [7, 11) is 0. The molecule has 3 N–H and O–H groups in total. The van der Waals surface area contributed by atoms with Gasteiger partial charge in [0.1, 0.15) is 0 Å². The second-order valence-electron chi connectivity index (χ2n) is 6.61. The summed E-state index contributed by atoms with van der Waals surface area (Å²) in [6, 6.07) is 6.43. The van der Waals surface area contributed by atoms with Gasteiger partial charge in [0, 0.05) is 24.5 Å². The molecule has 7 heteroatoms. The van der Waals surface area contributed by atoms with E-state index in [0.29, 0.717) is 19.6 Å². The smallest absolute Gasteiger partial charge is 0.227 e. The number of nitrogens with one attached hydrogen (secondary N) is 3. The van der Waals surface area contributed by atoms with Crippen LogP contribution in [0.2, 0.25) is 0 Å². The maximum absolute atomic E-state index is 12.1. The molecule has 0 aromatic heterocycles. The average molecular weight is 492 g/mol. The molecule has 1 amide bonds. The van der Waals surface area contributed by atoms with Crippen molar-refractivity contribution in [1.82, 2.24) is 16.0 Å². The molecule has 0 heterocycles. The van der Waals surface area contributed by atoms with Crippen molar-refractivity contribution in [2.45, 2.75) is 46.1 Å². The highest BCUT2D eigenvalue weighted by molar-refractivity contribution is 14.0. The van der Waals surface area contributed by atoms with E-state index in [1.54, 1.807) is 11.8 Å². The number of aryl methyl sites for hydroxylation is 1. The van der Waals surface area contributed by atoms with E-state index in [9.17, 15) is 4.79 Å². The predicted octanol–water partition coefficient (Wildman–Crippen LogP) is 3.55. The molecule has 0 atom stereocenters. The Bertz CT molecular complexity index is 605. The van der Waals surface area contributed by atoms with E-state index in [1.165, 1.54) is 16.0 Å². The molecular formula is C19H33IN4OS. The molecule has 0 saturated heterocycles. The van der Waals surface area contributed by atoms with Gasteiger partial charge in [0.15, 0.2) is 5.96 Å². The first-order valence-corrected chi connectivity index (χ1v) is 10.0. The summed E-state index contributed by atoms with van der Waals surface area (Å²) in [5.74, 6) is 0.772. The lowest BCUT2D eigenvalue weighted by Crippen LogP contribution is -2.47. The van der Waals surface area contributed by atoms with Crippen molar-refractivity contribution in [3.63, 3.8) is 0 Å². The summed E-state index contributed by atoms with van der Waals surface area (Å²) in [6.45, 7) is 12.5. The Morgan fingerprint density at radius 1 is 1.15 bits per heavy atom. The third kappa shape index (κ3) is 8.16. The van der Waals surface area contributed by atoms with E-state index in [0.717, 1.165) is 12.5 Å². The topological polar surface area (TPSA) is 65.5 Å². The van der Waals surface area contributed by atoms with E-state index in [1.807, 2.05) is 27.7 Å². The van der Waals surface area contributed by atoms with Crippen molar-refractivity contribution in [3.05, 3.63) is 29.3 Å². The number of carbonyl (C=O) groups is 1. The molecule has 0 unspecified atom stereocenters. The summed E-state index contributed by atoms with van der Waals surface area (Å²) in [6.07, 6.45) is 2.08. The van der Waals surface area contributed by atoms with Gasteiger partial charge in [-0.25, -0.2) is 4.99 Å². The van der Waals surface area contributed by atoms with Crippen LogP contribution in [0.3, 0.4) is 0 Å². The molecule has 0 aliphatic heterocycles. The maximum Gasteiger partial charge on any atom is 0.227 e. The first-order valence-electron chi connectivity index (χ1n) is 8.78.